The highest BCUT2D eigenvalue weighted by molar-refractivity contribution is 6.22. The first-order valence-electron chi connectivity index (χ1n) is 9.81. The molecule has 0 aromatic heterocycles. The number of amides is 3. The number of benzene rings is 2. The lowest BCUT2D eigenvalue weighted by Gasteiger charge is -2.26. The van der Waals surface area contributed by atoms with E-state index in [0.29, 0.717) is 29.0 Å². The van der Waals surface area contributed by atoms with Crippen molar-refractivity contribution in [3.8, 4) is 5.75 Å². The minimum absolute atomic E-state index is 0.224. The van der Waals surface area contributed by atoms with Crippen LogP contribution in [0.25, 0.3) is 0 Å². The molecule has 0 aliphatic carbocycles. The predicted molar refractivity (Wildman–Crippen MR) is 110 cm³/mol. The fourth-order valence-electron chi connectivity index (χ4n) is 3.54. The first-order valence-corrected chi connectivity index (χ1v) is 9.81. The van der Waals surface area contributed by atoms with Crippen LogP contribution in [0.1, 0.15) is 69.4 Å². The summed E-state index contributed by atoms with van der Waals surface area (Å²) in [6.45, 7) is 4.33. The zero-order chi connectivity index (χ0) is 21.1. The standard InChI is InChI=1S/C23H26N2O4/c1-5-6-13-25-22(27)18-12-11-16(14-19(18)23(25)28)21(26)24(3)15(2)17-9-7-8-10-20(17)29-4/h7-12,14-15H,5-6,13H2,1-4H3. The van der Waals surface area contributed by atoms with Gasteiger partial charge in [0.25, 0.3) is 17.7 Å². The second-order valence-electron chi connectivity index (χ2n) is 7.21. The Morgan fingerprint density at radius 1 is 1.10 bits per heavy atom. The molecule has 29 heavy (non-hydrogen) atoms. The Balaban J connectivity index is 1.85. The van der Waals surface area contributed by atoms with Gasteiger partial charge in [-0.3, -0.25) is 19.3 Å². The second kappa shape index (κ2) is 8.47. The molecule has 2 aromatic rings. The molecule has 0 fully saturated rings. The van der Waals surface area contributed by atoms with Gasteiger partial charge in [-0.15, -0.1) is 0 Å². The lowest BCUT2D eigenvalue weighted by Crippen LogP contribution is -2.30. The van der Waals surface area contributed by atoms with Crippen molar-refractivity contribution in [3.63, 3.8) is 0 Å². The Morgan fingerprint density at radius 3 is 2.48 bits per heavy atom. The number of unbranched alkanes of at least 4 members (excludes halogenated alkanes) is 1. The van der Waals surface area contributed by atoms with Crippen LogP contribution >= 0.6 is 0 Å². The zero-order valence-corrected chi connectivity index (χ0v) is 17.3. The molecule has 0 spiro atoms. The molecule has 1 unspecified atom stereocenters. The van der Waals surface area contributed by atoms with Crippen molar-refractivity contribution < 1.29 is 19.1 Å². The van der Waals surface area contributed by atoms with Crippen LogP contribution in [0.15, 0.2) is 42.5 Å². The number of hydrogen-bond donors (Lipinski definition) is 0. The molecule has 1 aliphatic rings. The van der Waals surface area contributed by atoms with Crippen LogP contribution in [0.3, 0.4) is 0 Å². The molecule has 3 rings (SSSR count). The smallest absolute Gasteiger partial charge is 0.261 e. The third-order valence-electron chi connectivity index (χ3n) is 5.44. The summed E-state index contributed by atoms with van der Waals surface area (Å²) in [6.07, 6.45) is 1.65. The highest BCUT2D eigenvalue weighted by atomic mass is 16.5. The number of carbonyl (C=O) groups is 3. The average molecular weight is 394 g/mol. The van der Waals surface area contributed by atoms with Crippen LogP contribution in [-0.4, -0.2) is 48.2 Å². The van der Waals surface area contributed by atoms with Gasteiger partial charge in [-0.1, -0.05) is 31.5 Å². The largest absolute Gasteiger partial charge is 0.496 e. The van der Waals surface area contributed by atoms with E-state index in [1.807, 2.05) is 38.1 Å². The van der Waals surface area contributed by atoms with Crippen molar-refractivity contribution in [2.75, 3.05) is 20.7 Å². The van der Waals surface area contributed by atoms with E-state index in [2.05, 4.69) is 0 Å². The van der Waals surface area contributed by atoms with Gasteiger partial charge in [0.2, 0.25) is 0 Å². The lowest BCUT2D eigenvalue weighted by molar-refractivity contribution is 0.0651. The van der Waals surface area contributed by atoms with Gasteiger partial charge >= 0.3 is 0 Å². The van der Waals surface area contributed by atoms with Crippen LogP contribution in [0.4, 0.5) is 0 Å². The predicted octanol–water partition coefficient (Wildman–Crippen LogP) is 3.92. The molecule has 1 aliphatic heterocycles. The molecular weight excluding hydrogens is 368 g/mol. The van der Waals surface area contributed by atoms with Gasteiger partial charge in [0.15, 0.2) is 0 Å². The maximum Gasteiger partial charge on any atom is 0.261 e. The van der Waals surface area contributed by atoms with Gasteiger partial charge in [0, 0.05) is 24.7 Å². The van der Waals surface area contributed by atoms with Crippen LogP contribution in [0, 0.1) is 0 Å². The second-order valence-corrected chi connectivity index (χ2v) is 7.21. The number of hydrogen-bond acceptors (Lipinski definition) is 4. The molecular formula is C23H26N2O4. The summed E-state index contributed by atoms with van der Waals surface area (Å²) in [7, 11) is 3.31. The number of methoxy groups -OCH3 is 1. The maximum atomic E-state index is 13.1. The summed E-state index contributed by atoms with van der Waals surface area (Å²) in [5.74, 6) is -0.124. The minimum Gasteiger partial charge on any atom is -0.496 e. The van der Waals surface area contributed by atoms with Crippen LogP contribution in [-0.2, 0) is 0 Å². The van der Waals surface area contributed by atoms with Gasteiger partial charge in [-0.25, -0.2) is 0 Å². The van der Waals surface area contributed by atoms with Crippen molar-refractivity contribution in [2.45, 2.75) is 32.7 Å². The quantitative estimate of drug-likeness (QED) is 0.668. The maximum absolute atomic E-state index is 13.1. The summed E-state index contributed by atoms with van der Waals surface area (Å²) in [5, 5.41) is 0. The van der Waals surface area contributed by atoms with E-state index in [-0.39, 0.29) is 23.8 Å². The Labute approximate surface area is 171 Å². The fraction of sp³-hybridized carbons (Fsp3) is 0.348. The molecule has 0 N–H and O–H groups in total. The molecule has 6 nitrogen and oxygen atoms in total. The van der Waals surface area contributed by atoms with Crippen LogP contribution < -0.4 is 4.74 Å². The Bertz CT molecular complexity index is 954. The molecule has 1 atom stereocenters. The molecule has 0 saturated heterocycles. The minimum atomic E-state index is -0.325. The molecule has 2 aromatic carbocycles. The highest BCUT2D eigenvalue weighted by Crippen LogP contribution is 2.30. The van der Waals surface area contributed by atoms with Crippen molar-refractivity contribution >= 4 is 17.7 Å². The number of para-hydroxylation sites is 1. The first kappa shape index (κ1) is 20.6. The van der Waals surface area contributed by atoms with Crippen molar-refractivity contribution in [2.24, 2.45) is 0 Å². The van der Waals surface area contributed by atoms with Crippen LogP contribution in [0.2, 0.25) is 0 Å². The topological polar surface area (TPSA) is 66.9 Å². The summed E-state index contributed by atoms with van der Waals surface area (Å²) < 4.78 is 5.41. The third-order valence-corrected chi connectivity index (χ3v) is 5.44. The number of rotatable bonds is 7. The Kier molecular flexibility index (Phi) is 6.01. The molecule has 3 amide bonds. The monoisotopic (exact) mass is 394 g/mol. The SMILES string of the molecule is CCCCN1C(=O)c2ccc(C(=O)N(C)C(C)c3ccccc3OC)cc2C1=O. The third kappa shape index (κ3) is 3.75. The van der Waals surface area contributed by atoms with E-state index < -0.39 is 0 Å². The number of imide groups is 1. The average Bonchev–Trinajstić information content (AvgIpc) is 2.99. The lowest BCUT2D eigenvalue weighted by atomic mass is 10.0. The van der Waals surface area contributed by atoms with E-state index in [0.717, 1.165) is 18.4 Å². The van der Waals surface area contributed by atoms with Crippen molar-refractivity contribution in [3.05, 3.63) is 64.7 Å². The van der Waals surface area contributed by atoms with Gasteiger partial charge < -0.3 is 9.64 Å². The number of carbonyl (C=O) groups excluding carboxylic acids is 3. The summed E-state index contributed by atoms with van der Waals surface area (Å²) >= 11 is 0. The Hall–Kier alpha value is -3.15. The Morgan fingerprint density at radius 2 is 1.79 bits per heavy atom. The number of fused-ring (bicyclic) bond motifs is 1. The van der Waals surface area contributed by atoms with Crippen LogP contribution in [0.5, 0.6) is 5.75 Å². The molecule has 1 heterocycles. The molecule has 0 saturated carbocycles. The van der Waals surface area contributed by atoms with Gasteiger partial charge in [-0.2, -0.15) is 0 Å². The fourth-order valence-corrected chi connectivity index (χ4v) is 3.54. The summed E-state index contributed by atoms with van der Waals surface area (Å²) in [4.78, 5) is 41.1. The number of ether oxygens (including phenoxy) is 1. The van der Waals surface area contributed by atoms with E-state index in [1.165, 1.54) is 11.0 Å². The van der Waals surface area contributed by atoms with Gasteiger partial charge in [0.05, 0.1) is 24.3 Å². The van der Waals surface area contributed by atoms with E-state index in [4.69, 9.17) is 4.74 Å². The molecule has 0 bridgehead atoms. The van der Waals surface area contributed by atoms with Crippen molar-refractivity contribution in [1.29, 1.82) is 0 Å². The normalized spacial score (nSPS) is 14.0. The van der Waals surface area contributed by atoms with Gasteiger partial charge in [-0.05, 0) is 37.6 Å². The first-order chi connectivity index (χ1) is 13.9. The van der Waals surface area contributed by atoms with E-state index in [9.17, 15) is 14.4 Å². The number of nitrogens with zero attached hydrogens (tertiary/aromatic N) is 2. The summed E-state index contributed by atoms with van der Waals surface area (Å²) in [6, 6.07) is 12.1. The van der Waals surface area contributed by atoms with E-state index in [1.54, 1.807) is 31.2 Å². The van der Waals surface area contributed by atoms with E-state index >= 15 is 0 Å². The molecule has 152 valence electrons. The highest BCUT2D eigenvalue weighted by Gasteiger charge is 2.35. The summed E-state index contributed by atoms with van der Waals surface area (Å²) in [5.41, 5.74) is 1.94. The zero-order valence-electron chi connectivity index (χ0n) is 17.3. The van der Waals surface area contributed by atoms with Crippen molar-refractivity contribution in [1.82, 2.24) is 9.80 Å². The van der Waals surface area contributed by atoms with Gasteiger partial charge in [0.1, 0.15) is 5.75 Å². The molecule has 0 radical (unpaired) electrons. The molecule has 6 heteroatoms.